The molecule has 0 amide bonds. The van der Waals surface area contributed by atoms with E-state index in [2.05, 4.69) is 10.1 Å². The minimum Gasteiger partial charge on any atom is -0.505 e. The molecule has 128 valence electrons. The molecule has 0 bridgehead atoms. The first kappa shape index (κ1) is 17.6. The van der Waals surface area contributed by atoms with E-state index in [0.29, 0.717) is 0 Å². The van der Waals surface area contributed by atoms with Gasteiger partial charge in [-0.2, -0.15) is 5.10 Å². The van der Waals surface area contributed by atoms with Gasteiger partial charge in [0.05, 0.1) is 18.5 Å². The largest absolute Gasteiger partial charge is 0.505 e. The van der Waals surface area contributed by atoms with Gasteiger partial charge in [-0.3, -0.25) is 10.4 Å². The van der Waals surface area contributed by atoms with Crippen molar-refractivity contribution in [3.63, 3.8) is 0 Å². The van der Waals surface area contributed by atoms with Crippen LogP contribution in [-0.2, 0) is 6.61 Å². The highest BCUT2D eigenvalue weighted by atomic mass is 19.2. The average molecular weight is 347 g/mol. The maximum Gasteiger partial charge on any atom is 0.200 e. The quantitative estimate of drug-likeness (QED) is 0.261. The van der Waals surface area contributed by atoms with E-state index < -0.39 is 41.4 Å². The van der Waals surface area contributed by atoms with Crippen LogP contribution in [0.4, 0.5) is 27.6 Å². The number of aromatic hydroxyl groups is 1. The molecule has 1 aromatic heterocycles. The molecule has 1 heterocycles. The first-order valence-electron chi connectivity index (χ1n) is 6.38. The molecule has 0 radical (unpaired) electrons. The van der Waals surface area contributed by atoms with Gasteiger partial charge in [0.25, 0.3) is 0 Å². The Labute approximate surface area is 132 Å². The van der Waals surface area contributed by atoms with Crippen molar-refractivity contribution in [3.05, 3.63) is 52.1 Å². The Morgan fingerprint density at radius 1 is 1.08 bits per heavy atom. The molecule has 2 aromatic rings. The van der Waals surface area contributed by atoms with Crippen LogP contribution in [-0.4, -0.2) is 21.4 Å². The van der Waals surface area contributed by atoms with Crippen LogP contribution in [0.25, 0.3) is 0 Å². The Bertz CT molecular complexity index is 798. The van der Waals surface area contributed by atoms with Crippen molar-refractivity contribution in [1.29, 1.82) is 0 Å². The number of aliphatic hydroxyl groups is 1. The summed E-state index contributed by atoms with van der Waals surface area (Å²) in [6.45, 7) is 0.927. The van der Waals surface area contributed by atoms with Gasteiger partial charge >= 0.3 is 0 Å². The van der Waals surface area contributed by atoms with Crippen LogP contribution in [0.1, 0.15) is 16.8 Å². The third-order valence-corrected chi connectivity index (χ3v) is 3.11. The predicted octanol–water partition coefficient (Wildman–Crippen LogP) is 2.73. The molecular weight excluding hydrogens is 337 g/mol. The van der Waals surface area contributed by atoms with Crippen molar-refractivity contribution < 1.29 is 32.2 Å². The zero-order valence-electron chi connectivity index (χ0n) is 12.0. The number of pyridine rings is 1. The maximum atomic E-state index is 13.5. The molecule has 0 unspecified atom stereocenters. The molecule has 0 aliphatic heterocycles. The molecule has 0 saturated carbocycles. The number of hydrogen-bond donors (Lipinski definition) is 3. The number of benzene rings is 1. The number of nitrogens with zero attached hydrogens (tertiary/aromatic N) is 2. The number of halogens is 5. The van der Waals surface area contributed by atoms with E-state index in [4.69, 9.17) is 5.11 Å². The SMILES string of the molecule is Cc1ncc(CO)c(/C=N/Nc2c(F)c(F)c(F)c(F)c2F)c1O. The second-order valence-corrected chi connectivity index (χ2v) is 4.60. The molecule has 0 aliphatic rings. The van der Waals surface area contributed by atoms with Gasteiger partial charge in [0, 0.05) is 17.3 Å². The van der Waals surface area contributed by atoms with E-state index in [-0.39, 0.29) is 22.6 Å². The summed E-state index contributed by atoms with van der Waals surface area (Å²) in [6.07, 6.45) is 2.09. The van der Waals surface area contributed by atoms with Gasteiger partial charge in [-0.1, -0.05) is 0 Å². The predicted molar refractivity (Wildman–Crippen MR) is 74.0 cm³/mol. The number of aryl methyl sites for hydroxylation is 1. The number of aliphatic hydroxyl groups excluding tert-OH is 1. The highest BCUT2D eigenvalue weighted by Gasteiger charge is 2.25. The Balaban J connectivity index is 2.40. The summed E-state index contributed by atoms with van der Waals surface area (Å²) in [5.74, 6) is -11.0. The first-order chi connectivity index (χ1) is 11.3. The van der Waals surface area contributed by atoms with E-state index in [1.165, 1.54) is 13.1 Å². The lowest BCUT2D eigenvalue weighted by Crippen LogP contribution is -2.07. The zero-order valence-corrected chi connectivity index (χ0v) is 12.0. The van der Waals surface area contributed by atoms with Crippen LogP contribution in [0.5, 0.6) is 5.75 Å². The molecule has 0 spiro atoms. The Kier molecular flexibility index (Phi) is 4.98. The van der Waals surface area contributed by atoms with E-state index in [9.17, 15) is 27.1 Å². The van der Waals surface area contributed by atoms with Crippen LogP contribution in [0.2, 0.25) is 0 Å². The average Bonchev–Trinajstić information content (AvgIpc) is 2.58. The minimum atomic E-state index is -2.29. The van der Waals surface area contributed by atoms with Crippen molar-refractivity contribution in [1.82, 2.24) is 4.98 Å². The highest BCUT2D eigenvalue weighted by molar-refractivity contribution is 5.86. The van der Waals surface area contributed by atoms with Gasteiger partial charge in [0.1, 0.15) is 11.4 Å². The number of aromatic nitrogens is 1. The molecule has 10 heteroatoms. The number of nitrogens with one attached hydrogen (secondary N) is 1. The Morgan fingerprint density at radius 3 is 2.17 bits per heavy atom. The number of rotatable bonds is 4. The summed E-state index contributed by atoms with van der Waals surface area (Å²) in [5, 5.41) is 22.3. The summed E-state index contributed by atoms with van der Waals surface area (Å²) in [7, 11) is 0. The summed E-state index contributed by atoms with van der Waals surface area (Å²) < 4.78 is 65.9. The second kappa shape index (κ2) is 6.79. The topological polar surface area (TPSA) is 77.7 Å². The van der Waals surface area contributed by atoms with Crippen LogP contribution < -0.4 is 5.43 Å². The monoisotopic (exact) mass is 347 g/mol. The number of hydrogen-bond acceptors (Lipinski definition) is 5. The molecule has 0 fully saturated rings. The molecular formula is C14H10F5N3O2. The second-order valence-electron chi connectivity index (χ2n) is 4.60. The van der Waals surface area contributed by atoms with Crippen molar-refractivity contribution in [2.24, 2.45) is 5.10 Å². The number of anilines is 1. The van der Waals surface area contributed by atoms with Gasteiger partial charge in [0.2, 0.25) is 5.82 Å². The minimum absolute atomic E-state index is 0.0265. The van der Waals surface area contributed by atoms with Crippen LogP contribution in [0.3, 0.4) is 0 Å². The van der Waals surface area contributed by atoms with E-state index in [0.717, 1.165) is 6.21 Å². The van der Waals surface area contributed by atoms with Crippen molar-refractivity contribution in [3.8, 4) is 5.75 Å². The molecule has 24 heavy (non-hydrogen) atoms. The third-order valence-electron chi connectivity index (χ3n) is 3.11. The fourth-order valence-corrected chi connectivity index (χ4v) is 1.79. The van der Waals surface area contributed by atoms with Gasteiger partial charge in [0.15, 0.2) is 23.3 Å². The molecule has 0 saturated heterocycles. The Hall–Kier alpha value is -2.75. The summed E-state index contributed by atoms with van der Waals surface area (Å²) in [6, 6.07) is 0. The molecule has 3 N–H and O–H groups in total. The van der Waals surface area contributed by atoms with E-state index in [1.807, 2.05) is 0 Å². The molecule has 5 nitrogen and oxygen atoms in total. The van der Waals surface area contributed by atoms with E-state index >= 15 is 0 Å². The molecule has 1 aromatic carbocycles. The van der Waals surface area contributed by atoms with E-state index in [1.54, 1.807) is 5.43 Å². The lowest BCUT2D eigenvalue weighted by molar-refractivity contribution is 0.280. The highest BCUT2D eigenvalue weighted by Crippen LogP contribution is 2.27. The van der Waals surface area contributed by atoms with Gasteiger partial charge in [-0.15, -0.1) is 0 Å². The van der Waals surface area contributed by atoms with Crippen LogP contribution in [0.15, 0.2) is 11.3 Å². The smallest absolute Gasteiger partial charge is 0.200 e. The lowest BCUT2D eigenvalue weighted by atomic mass is 10.1. The molecule has 0 aliphatic carbocycles. The van der Waals surface area contributed by atoms with Crippen LogP contribution >= 0.6 is 0 Å². The van der Waals surface area contributed by atoms with Crippen molar-refractivity contribution in [2.45, 2.75) is 13.5 Å². The molecule has 2 rings (SSSR count). The lowest BCUT2D eigenvalue weighted by Gasteiger charge is -2.09. The first-order valence-corrected chi connectivity index (χ1v) is 6.38. The van der Waals surface area contributed by atoms with Crippen molar-refractivity contribution in [2.75, 3.05) is 5.43 Å². The number of hydrazone groups is 1. The molecule has 0 atom stereocenters. The normalized spacial score (nSPS) is 11.3. The maximum absolute atomic E-state index is 13.5. The van der Waals surface area contributed by atoms with Crippen LogP contribution in [0, 0.1) is 36.0 Å². The van der Waals surface area contributed by atoms with Gasteiger partial charge < -0.3 is 10.2 Å². The fraction of sp³-hybridized carbons (Fsp3) is 0.143. The van der Waals surface area contributed by atoms with Crippen molar-refractivity contribution >= 4 is 11.9 Å². The standard InChI is InChI=1S/C14H10F5N3O2/c1-5-14(24)7(6(4-23)2-20-5)3-21-22-13-11(18)9(16)8(15)10(17)12(13)19/h2-3,22-24H,4H2,1H3/b21-3+. The third kappa shape index (κ3) is 3.00. The summed E-state index contributed by atoms with van der Waals surface area (Å²) in [4.78, 5) is 3.78. The van der Waals surface area contributed by atoms with Gasteiger partial charge in [-0.25, -0.2) is 22.0 Å². The zero-order chi connectivity index (χ0) is 18.0. The fourth-order valence-electron chi connectivity index (χ4n) is 1.79. The van der Waals surface area contributed by atoms with Gasteiger partial charge in [-0.05, 0) is 6.92 Å². The Morgan fingerprint density at radius 2 is 1.62 bits per heavy atom. The summed E-state index contributed by atoms with van der Waals surface area (Å²) in [5.41, 5.74) is 0.646. The summed E-state index contributed by atoms with van der Waals surface area (Å²) >= 11 is 0.